The number of esters is 1. The highest BCUT2D eigenvalue weighted by atomic mass is 16.5. The molecule has 0 bridgehead atoms. The standard InChI is InChI=1S/C16H21N3O2/c1-4-19-11-14(10-17-19)12(3)18-15-8-6-7-13(9-15)16(20)21-5-2/h6-12,18H,4-5H2,1-3H3. The van der Waals surface area contributed by atoms with E-state index in [9.17, 15) is 4.79 Å². The molecule has 1 N–H and O–H groups in total. The summed E-state index contributed by atoms with van der Waals surface area (Å²) < 4.78 is 6.90. The Morgan fingerprint density at radius 1 is 1.43 bits per heavy atom. The summed E-state index contributed by atoms with van der Waals surface area (Å²) >= 11 is 0. The van der Waals surface area contributed by atoms with Crippen LogP contribution in [-0.2, 0) is 11.3 Å². The van der Waals surface area contributed by atoms with Gasteiger partial charge in [-0.25, -0.2) is 4.79 Å². The number of carbonyl (C=O) groups excluding carboxylic acids is 1. The van der Waals surface area contributed by atoms with Crippen LogP contribution in [-0.4, -0.2) is 22.4 Å². The summed E-state index contributed by atoms with van der Waals surface area (Å²) in [7, 11) is 0. The summed E-state index contributed by atoms with van der Waals surface area (Å²) in [5.41, 5.74) is 2.55. The molecule has 0 aliphatic rings. The van der Waals surface area contributed by atoms with Crippen molar-refractivity contribution in [1.29, 1.82) is 0 Å². The highest BCUT2D eigenvalue weighted by Crippen LogP contribution is 2.20. The lowest BCUT2D eigenvalue weighted by atomic mass is 10.1. The predicted octanol–water partition coefficient (Wildman–Crippen LogP) is 3.25. The van der Waals surface area contributed by atoms with Gasteiger partial charge in [-0.15, -0.1) is 0 Å². The molecule has 5 nitrogen and oxygen atoms in total. The normalized spacial score (nSPS) is 12.0. The number of hydrogen-bond acceptors (Lipinski definition) is 4. The van der Waals surface area contributed by atoms with Crippen molar-refractivity contribution in [3.05, 3.63) is 47.8 Å². The quantitative estimate of drug-likeness (QED) is 0.829. The van der Waals surface area contributed by atoms with Gasteiger partial charge in [0.25, 0.3) is 0 Å². The molecule has 0 saturated heterocycles. The predicted molar refractivity (Wildman–Crippen MR) is 82.3 cm³/mol. The van der Waals surface area contributed by atoms with E-state index in [1.807, 2.05) is 29.2 Å². The van der Waals surface area contributed by atoms with Crippen molar-refractivity contribution < 1.29 is 9.53 Å². The van der Waals surface area contributed by atoms with Crippen LogP contribution in [0.3, 0.4) is 0 Å². The van der Waals surface area contributed by atoms with Crippen molar-refractivity contribution in [2.75, 3.05) is 11.9 Å². The first-order valence-corrected chi connectivity index (χ1v) is 7.20. The molecule has 112 valence electrons. The molecule has 1 heterocycles. The molecule has 0 radical (unpaired) electrons. The number of aryl methyl sites for hydroxylation is 1. The monoisotopic (exact) mass is 287 g/mol. The second-order valence-electron chi connectivity index (χ2n) is 4.80. The number of benzene rings is 1. The van der Waals surface area contributed by atoms with Gasteiger partial charge in [0, 0.05) is 24.0 Å². The molecule has 0 aliphatic carbocycles. The number of aromatic nitrogens is 2. The minimum Gasteiger partial charge on any atom is -0.462 e. The van der Waals surface area contributed by atoms with E-state index in [4.69, 9.17) is 4.74 Å². The summed E-state index contributed by atoms with van der Waals surface area (Å²) in [6.07, 6.45) is 3.88. The van der Waals surface area contributed by atoms with Gasteiger partial charge in [-0.1, -0.05) is 6.07 Å². The van der Waals surface area contributed by atoms with Crippen molar-refractivity contribution in [2.24, 2.45) is 0 Å². The molecule has 0 saturated carbocycles. The molecule has 5 heteroatoms. The molecule has 1 unspecified atom stereocenters. The van der Waals surface area contributed by atoms with Gasteiger partial charge >= 0.3 is 5.97 Å². The first-order chi connectivity index (χ1) is 10.1. The van der Waals surface area contributed by atoms with E-state index in [1.165, 1.54) is 0 Å². The maximum Gasteiger partial charge on any atom is 0.338 e. The topological polar surface area (TPSA) is 56.1 Å². The van der Waals surface area contributed by atoms with E-state index in [2.05, 4.69) is 24.3 Å². The van der Waals surface area contributed by atoms with Gasteiger partial charge in [0.15, 0.2) is 0 Å². The minimum absolute atomic E-state index is 0.114. The highest BCUT2D eigenvalue weighted by Gasteiger charge is 2.10. The molecule has 2 aromatic rings. The number of nitrogens with zero attached hydrogens (tertiary/aromatic N) is 2. The third-order valence-corrected chi connectivity index (χ3v) is 3.23. The first kappa shape index (κ1) is 15.1. The van der Waals surface area contributed by atoms with E-state index in [0.717, 1.165) is 17.8 Å². The van der Waals surface area contributed by atoms with Gasteiger partial charge in [0.05, 0.1) is 24.4 Å². The average molecular weight is 287 g/mol. The number of ether oxygens (including phenoxy) is 1. The second kappa shape index (κ2) is 6.92. The maximum absolute atomic E-state index is 11.7. The Morgan fingerprint density at radius 2 is 2.24 bits per heavy atom. The first-order valence-electron chi connectivity index (χ1n) is 7.20. The van der Waals surface area contributed by atoms with Gasteiger partial charge in [-0.3, -0.25) is 4.68 Å². The van der Waals surface area contributed by atoms with E-state index in [-0.39, 0.29) is 12.0 Å². The molecule has 1 aromatic carbocycles. The van der Waals surface area contributed by atoms with E-state index >= 15 is 0 Å². The van der Waals surface area contributed by atoms with Crippen LogP contribution in [0.25, 0.3) is 0 Å². The van der Waals surface area contributed by atoms with Crippen LogP contribution in [0, 0.1) is 0 Å². The highest BCUT2D eigenvalue weighted by molar-refractivity contribution is 5.90. The average Bonchev–Trinajstić information content (AvgIpc) is 2.97. The van der Waals surface area contributed by atoms with Crippen molar-refractivity contribution >= 4 is 11.7 Å². The molecule has 0 amide bonds. The zero-order valence-corrected chi connectivity index (χ0v) is 12.7. The third-order valence-electron chi connectivity index (χ3n) is 3.23. The fraction of sp³-hybridized carbons (Fsp3) is 0.375. The van der Waals surface area contributed by atoms with E-state index < -0.39 is 0 Å². The summed E-state index contributed by atoms with van der Waals surface area (Å²) in [5.74, 6) is -0.299. The fourth-order valence-corrected chi connectivity index (χ4v) is 2.06. The lowest BCUT2D eigenvalue weighted by Gasteiger charge is -2.14. The van der Waals surface area contributed by atoms with Gasteiger partial charge in [0.2, 0.25) is 0 Å². The van der Waals surface area contributed by atoms with Gasteiger partial charge in [-0.2, -0.15) is 5.10 Å². The van der Waals surface area contributed by atoms with Crippen molar-refractivity contribution in [3.63, 3.8) is 0 Å². The second-order valence-corrected chi connectivity index (χ2v) is 4.80. The molecule has 0 aliphatic heterocycles. The van der Waals surface area contributed by atoms with E-state index in [0.29, 0.717) is 12.2 Å². The van der Waals surface area contributed by atoms with Gasteiger partial charge < -0.3 is 10.1 Å². The Morgan fingerprint density at radius 3 is 2.90 bits per heavy atom. The molecule has 2 rings (SSSR count). The zero-order chi connectivity index (χ0) is 15.2. The number of carbonyl (C=O) groups is 1. The molecule has 0 fully saturated rings. The Bertz CT molecular complexity index is 607. The number of hydrogen-bond donors (Lipinski definition) is 1. The van der Waals surface area contributed by atoms with Gasteiger partial charge in [-0.05, 0) is 39.0 Å². The molecular formula is C16H21N3O2. The molecular weight excluding hydrogens is 266 g/mol. The Kier molecular flexibility index (Phi) is 4.98. The maximum atomic E-state index is 11.7. The van der Waals surface area contributed by atoms with Crippen LogP contribution in [0.2, 0.25) is 0 Å². The van der Waals surface area contributed by atoms with Crippen molar-refractivity contribution in [3.8, 4) is 0 Å². The Hall–Kier alpha value is -2.30. The van der Waals surface area contributed by atoms with Crippen LogP contribution < -0.4 is 5.32 Å². The van der Waals surface area contributed by atoms with Crippen LogP contribution >= 0.6 is 0 Å². The molecule has 21 heavy (non-hydrogen) atoms. The van der Waals surface area contributed by atoms with Crippen LogP contribution in [0.4, 0.5) is 5.69 Å². The lowest BCUT2D eigenvalue weighted by Crippen LogP contribution is -2.08. The largest absolute Gasteiger partial charge is 0.462 e. The third kappa shape index (κ3) is 3.84. The van der Waals surface area contributed by atoms with Crippen LogP contribution in [0.5, 0.6) is 0 Å². The number of nitrogens with one attached hydrogen (secondary N) is 1. The summed E-state index contributed by atoms with van der Waals surface area (Å²) in [6.45, 7) is 7.15. The fourth-order valence-electron chi connectivity index (χ4n) is 2.06. The Balaban J connectivity index is 2.08. The summed E-state index contributed by atoms with van der Waals surface area (Å²) in [5, 5.41) is 7.64. The van der Waals surface area contributed by atoms with Crippen molar-refractivity contribution in [1.82, 2.24) is 9.78 Å². The van der Waals surface area contributed by atoms with Gasteiger partial charge in [0.1, 0.15) is 0 Å². The SMILES string of the molecule is CCOC(=O)c1cccc(NC(C)c2cnn(CC)c2)c1. The van der Waals surface area contributed by atoms with Crippen molar-refractivity contribution in [2.45, 2.75) is 33.4 Å². The van der Waals surface area contributed by atoms with E-state index in [1.54, 1.807) is 19.1 Å². The Labute approximate surface area is 124 Å². The number of anilines is 1. The zero-order valence-electron chi connectivity index (χ0n) is 12.7. The molecule has 1 atom stereocenters. The minimum atomic E-state index is -0.299. The molecule has 1 aromatic heterocycles. The summed E-state index contributed by atoms with van der Waals surface area (Å²) in [4.78, 5) is 11.7. The van der Waals surface area contributed by atoms with Crippen LogP contribution in [0.1, 0.15) is 42.7 Å². The number of rotatable bonds is 6. The summed E-state index contributed by atoms with van der Waals surface area (Å²) in [6, 6.07) is 7.45. The smallest absolute Gasteiger partial charge is 0.338 e. The molecule has 0 spiro atoms. The van der Waals surface area contributed by atoms with Crippen LogP contribution in [0.15, 0.2) is 36.7 Å². The lowest BCUT2D eigenvalue weighted by molar-refractivity contribution is 0.0526.